The third kappa shape index (κ3) is 2.59. The minimum absolute atomic E-state index is 0.109. The summed E-state index contributed by atoms with van der Waals surface area (Å²) in [6, 6.07) is 4.34. The van der Waals surface area contributed by atoms with Crippen molar-refractivity contribution >= 4 is 17.2 Å². The van der Waals surface area contributed by atoms with Crippen LogP contribution in [0.15, 0.2) is 30.6 Å². The Morgan fingerprint density at radius 2 is 2.29 bits per heavy atom. The first-order chi connectivity index (χ1) is 8.06. The van der Waals surface area contributed by atoms with Crippen molar-refractivity contribution in [2.45, 2.75) is 0 Å². The average molecular weight is 251 g/mol. The monoisotopic (exact) mass is 251 g/mol. The summed E-state index contributed by atoms with van der Waals surface area (Å²) in [5.41, 5.74) is 5.87. The topological polar surface area (TPSA) is 53.1 Å². The Hall–Kier alpha value is -1.95. The van der Waals surface area contributed by atoms with E-state index in [4.69, 9.17) is 22.7 Å². The van der Waals surface area contributed by atoms with Gasteiger partial charge in [-0.25, -0.2) is 4.39 Å². The number of rotatable bonds is 3. The maximum atomic E-state index is 13.6. The molecule has 88 valence electrons. The third-order valence-corrected chi connectivity index (χ3v) is 2.36. The smallest absolute Gasteiger partial charge is 0.166 e. The molecule has 2 N–H and O–H groups in total. The SMILES string of the molecule is Cn1cc(Oc2ccc(C(N)=S)cc2F)cn1. The van der Waals surface area contributed by atoms with Crippen LogP contribution in [0.1, 0.15) is 5.56 Å². The number of aryl methyl sites for hydroxylation is 1. The fraction of sp³-hybridized carbons (Fsp3) is 0.0909. The van der Waals surface area contributed by atoms with Gasteiger partial charge in [-0.2, -0.15) is 5.10 Å². The van der Waals surface area contributed by atoms with Gasteiger partial charge in [0.15, 0.2) is 17.3 Å². The molecule has 1 heterocycles. The summed E-state index contributed by atoms with van der Waals surface area (Å²) in [6.45, 7) is 0. The predicted molar refractivity (Wildman–Crippen MR) is 65.6 cm³/mol. The van der Waals surface area contributed by atoms with Crippen LogP contribution in [0.4, 0.5) is 4.39 Å². The van der Waals surface area contributed by atoms with E-state index in [-0.39, 0.29) is 10.7 Å². The van der Waals surface area contributed by atoms with E-state index in [9.17, 15) is 4.39 Å². The molecule has 0 aliphatic heterocycles. The number of hydrogen-bond acceptors (Lipinski definition) is 3. The molecule has 0 amide bonds. The van der Waals surface area contributed by atoms with Crippen molar-refractivity contribution in [2.24, 2.45) is 12.8 Å². The number of hydrogen-bond donors (Lipinski definition) is 1. The van der Waals surface area contributed by atoms with E-state index in [1.807, 2.05) is 0 Å². The summed E-state index contributed by atoms with van der Waals surface area (Å²) in [4.78, 5) is 0.150. The highest BCUT2D eigenvalue weighted by Crippen LogP contribution is 2.24. The van der Waals surface area contributed by atoms with Gasteiger partial charge in [-0.05, 0) is 18.2 Å². The number of nitrogens with zero attached hydrogens (tertiary/aromatic N) is 2. The lowest BCUT2D eigenvalue weighted by molar-refractivity contribution is 0.442. The van der Waals surface area contributed by atoms with Gasteiger partial charge in [0.2, 0.25) is 0 Å². The summed E-state index contributed by atoms with van der Waals surface area (Å²) >= 11 is 4.75. The zero-order valence-corrected chi connectivity index (χ0v) is 9.87. The Morgan fingerprint density at radius 3 is 2.82 bits per heavy atom. The van der Waals surface area contributed by atoms with E-state index in [0.29, 0.717) is 11.3 Å². The van der Waals surface area contributed by atoms with Crippen molar-refractivity contribution in [3.63, 3.8) is 0 Å². The zero-order valence-electron chi connectivity index (χ0n) is 9.05. The van der Waals surface area contributed by atoms with Crippen LogP contribution in [0.25, 0.3) is 0 Å². The van der Waals surface area contributed by atoms with Gasteiger partial charge in [-0.15, -0.1) is 0 Å². The molecular weight excluding hydrogens is 241 g/mol. The Balaban J connectivity index is 2.25. The fourth-order valence-corrected chi connectivity index (χ4v) is 1.44. The molecule has 0 atom stereocenters. The molecule has 0 bridgehead atoms. The Morgan fingerprint density at radius 1 is 1.53 bits per heavy atom. The maximum absolute atomic E-state index is 13.6. The number of ether oxygens (including phenoxy) is 1. The molecule has 2 aromatic rings. The van der Waals surface area contributed by atoms with Crippen LogP contribution in [-0.4, -0.2) is 14.8 Å². The highest BCUT2D eigenvalue weighted by atomic mass is 32.1. The standard InChI is InChI=1S/C11H10FN3OS/c1-15-6-8(5-14-15)16-10-3-2-7(11(13)17)4-9(10)12/h2-6H,1H3,(H2,13,17). The molecule has 1 aromatic heterocycles. The maximum Gasteiger partial charge on any atom is 0.166 e. The van der Waals surface area contributed by atoms with Gasteiger partial charge in [-0.1, -0.05) is 12.2 Å². The number of aromatic nitrogens is 2. The molecule has 0 radical (unpaired) electrons. The van der Waals surface area contributed by atoms with Crippen molar-refractivity contribution in [3.05, 3.63) is 42.0 Å². The minimum Gasteiger partial charge on any atom is -0.451 e. The van der Waals surface area contributed by atoms with Crippen LogP contribution < -0.4 is 10.5 Å². The van der Waals surface area contributed by atoms with Gasteiger partial charge >= 0.3 is 0 Å². The van der Waals surface area contributed by atoms with Gasteiger partial charge in [-0.3, -0.25) is 4.68 Å². The Labute approximate surface area is 103 Å². The van der Waals surface area contributed by atoms with Crippen LogP contribution in [0.3, 0.4) is 0 Å². The molecule has 4 nitrogen and oxygen atoms in total. The van der Waals surface area contributed by atoms with Crippen LogP contribution in [-0.2, 0) is 7.05 Å². The summed E-state index contributed by atoms with van der Waals surface area (Å²) < 4.78 is 20.5. The fourth-order valence-electron chi connectivity index (χ4n) is 1.32. The highest BCUT2D eigenvalue weighted by molar-refractivity contribution is 7.80. The largest absolute Gasteiger partial charge is 0.451 e. The van der Waals surface area contributed by atoms with Crippen molar-refractivity contribution in [3.8, 4) is 11.5 Å². The second-order valence-corrected chi connectivity index (χ2v) is 3.90. The van der Waals surface area contributed by atoms with E-state index in [1.165, 1.54) is 18.3 Å². The quantitative estimate of drug-likeness (QED) is 0.847. The number of halogens is 1. The number of thiocarbonyl (C=S) groups is 1. The first-order valence-electron chi connectivity index (χ1n) is 4.82. The van der Waals surface area contributed by atoms with E-state index in [1.54, 1.807) is 24.0 Å². The van der Waals surface area contributed by atoms with E-state index in [2.05, 4.69) is 5.10 Å². The minimum atomic E-state index is -0.515. The number of benzene rings is 1. The van der Waals surface area contributed by atoms with Crippen molar-refractivity contribution < 1.29 is 9.13 Å². The lowest BCUT2D eigenvalue weighted by atomic mass is 10.2. The van der Waals surface area contributed by atoms with Crippen molar-refractivity contribution in [1.82, 2.24) is 9.78 Å². The van der Waals surface area contributed by atoms with Crippen LogP contribution in [0.5, 0.6) is 11.5 Å². The summed E-state index contributed by atoms with van der Waals surface area (Å²) in [5.74, 6) is 0.0617. The Kier molecular flexibility index (Phi) is 3.06. The van der Waals surface area contributed by atoms with E-state index < -0.39 is 5.82 Å². The normalized spacial score (nSPS) is 10.2. The molecule has 0 unspecified atom stereocenters. The lowest BCUT2D eigenvalue weighted by Crippen LogP contribution is -2.09. The molecule has 0 fully saturated rings. The lowest BCUT2D eigenvalue weighted by Gasteiger charge is -2.05. The molecule has 17 heavy (non-hydrogen) atoms. The van der Waals surface area contributed by atoms with Gasteiger partial charge < -0.3 is 10.5 Å². The second kappa shape index (κ2) is 4.50. The second-order valence-electron chi connectivity index (χ2n) is 3.46. The molecule has 0 spiro atoms. The van der Waals surface area contributed by atoms with Gasteiger partial charge in [0, 0.05) is 12.6 Å². The number of nitrogens with two attached hydrogens (primary N) is 1. The summed E-state index contributed by atoms with van der Waals surface area (Å²) in [6.07, 6.45) is 3.14. The molecule has 2 rings (SSSR count). The van der Waals surface area contributed by atoms with E-state index >= 15 is 0 Å². The first kappa shape index (κ1) is 11.5. The first-order valence-corrected chi connectivity index (χ1v) is 5.23. The molecule has 0 aliphatic carbocycles. The van der Waals surface area contributed by atoms with Crippen molar-refractivity contribution in [2.75, 3.05) is 0 Å². The Bertz CT molecular complexity index is 568. The zero-order chi connectivity index (χ0) is 12.4. The molecule has 6 heteroatoms. The molecule has 0 aliphatic rings. The van der Waals surface area contributed by atoms with Gasteiger partial charge in [0.25, 0.3) is 0 Å². The molecular formula is C11H10FN3OS. The van der Waals surface area contributed by atoms with Gasteiger partial charge in [0.05, 0.1) is 12.4 Å². The predicted octanol–water partition coefficient (Wildman–Crippen LogP) is 1.99. The summed E-state index contributed by atoms with van der Waals surface area (Å²) in [5, 5.41) is 3.92. The average Bonchev–Trinajstić information content (AvgIpc) is 2.67. The molecule has 0 saturated heterocycles. The highest BCUT2D eigenvalue weighted by Gasteiger charge is 2.08. The summed E-state index contributed by atoms with van der Waals surface area (Å²) in [7, 11) is 1.75. The van der Waals surface area contributed by atoms with Crippen LogP contribution in [0.2, 0.25) is 0 Å². The molecule has 1 aromatic carbocycles. The van der Waals surface area contributed by atoms with Crippen molar-refractivity contribution in [1.29, 1.82) is 0 Å². The molecule has 0 saturated carbocycles. The van der Waals surface area contributed by atoms with Gasteiger partial charge in [0.1, 0.15) is 4.99 Å². The van der Waals surface area contributed by atoms with E-state index in [0.717, 1.165) is 0 Å². The van der Waals surface area contributed by atoms with Crippen LogP contribution in [0, 0.1) is 5.82 Å². The third-order valence-electron chi connectivity index (χ3n) is 2.13. The van der Waals surface area contributed by atoms with Crippen LogP contribution >= 0.6 is 12.2 Å².